The number of aromatic amines is 1. The molecule has 0 amide bonds. The second kappa shape index (κ2) is 4.14. The molecule has 0 aromatic carbocycles. The SMILES string of the molecule is Br.NC=Cc1ncc[nH]1. The first-order valence-corrected chi connectivity index (χ1v) is 2.31. The van der Waals surface area contributed by atoms with Gasteiger partial charge in [0.25, 0.3) is 0 Å². The highest BCUT2D eigenvalue weighted by Crippen LogP contribution is 1.87. The van der Waals surface area contributed by atoms with Gasteiger partial charge >= 0.3 is 0 Å². The summed E-state index contributed by atoms with van der Waals surface area (Å²) >= 11 is 0. The van der Waals surface area contributed by atoms with E-state index in [4.69, 9.17) is 5.73 Å². The van der Waals surface area contributed by atoms with Gasteiger partial charge in [0.05, 0.1) is 0 Å². The third kappa shape index (κ3) is 2.32. The summed E-state index contributed by atoms with van der Waals surface area (Å²) in [4.78, 5) is 6.74. The van der Waals surface area contributed by atoms with Gasteiger partial charge in [-0.3, -0.25) is 0 Å². The van der Waals surface area contributed by atoms with Gasteiger partial charge in [0, 0.05) is 12.4 Å². The molecule has 0 bridgehead atoms. The average Bonchev–Trinajstić information content (AvgIpc) is 2.19. The molecule has 0 saturated carbocycles. The minimum Gasteiger partial charge on any atom is -0.404 e. The molecule has 1 heterocycles. The molecule has 3 nitrogen and oxygen atoms in total. The maximum Gasteiger partial charge on any atom is 0.131 e. The van der Waals surface area contributed by atoms with Crippen molar-refractivity contribution < 1.29 is 0 Å². The maximum atomic E-state index is 5.08. The van der Waals surface area contributed by atoms with Crippen LogP contribution in [-0.4, -0.2) is 9.97 Å². The molecule has 0 atom stereocenters. The fourth-order valence-corrected chi connectivity index (χ4v) is 0.460. The van der Waals surface area contributed by atoms with E-state index in [1.807, 2.05) is 0 Å². The molecule has 50 valence electrons. The number of rotatable bonds is 1. The van der Waals surface area contributed by atoms with Crippen molar-refractivity contribution in [3.8, 4) is 0 Å². The third-order valence-electron chi connectivity index (χ3n) is 0.773. The van der Waals surface area contributed by atoms with Gasteiger partial charge in [0.1, 0.15) is 5.82 Å². The van der Waals surface area contributed by atoms with E-state index in [1.165, 1.54) is 6.20 Å². The van der Waals surface area contributed by atoms with Crippen LogP contribution >= 0.6 is 17.0 Å². The Labute approximate surface area is 63.8 Å². The lowest BCUT2D eigenvalue weighted by Gasteiger charge is -1.76. The summed E-state index contributed by atoms with van der Waals surface area (Å²) < 4.78 is 0. The number of H-pyrrole nitrogens is 1. The van der Waals surface area contributed by atoms with Crippen molar-refractivity contribution in [2.45, 2.75) is 0 Å². The molecule has 0 saturated heterocycles. The van der Waals surface area contributed by atoms with Crippen LogP contribution in [0.3, 0.4) is 0 Å². The molecule has 0 unspecified atom stereocenters. The van der Waals surface area contributed by atoms with Crippen LogP contribution in [0, 0.1) is 0 Å². The van der Waals surface area contributed by atoms with Gasteiger partial charge in [-0.2, -0.15) is 0 Å². The highest BCUT2D eigenvalue weighted by Gasteiger charge is 1.80. The quantitative estimate of drug-likeness (QED) is 0.691. The molecular formula is C5H8BrN3. The van der Waals surface area contributed by atoms with Crippen molar-refractivity contribution in [2.75, 3.05) is 0 Å². The highest BCUT2D eigenvalue weighted by atomic mass is 79.9. The molecule has 0 aliphatic heterocycles. The Hall–Kier alpha value is -0.770. The van der Waals surface area contributed by atoms with Crippen LogP contribution in [0.1, 0.15) is 5.82 Å². The Morgan fingerprint density at radius 2 is 2.44 bits per heavy atom. The lowest BCUT2D eigenvalue weighted by Crippen LogP contribution is -1.78. The predicted octanol–water partition coefficient (Wildman–Crippen LogP) is 0.917. The van der Waals surface area contributed by atoms with Crippen molar-refractivity contribution in [3.05, 3.63) is 24.4 Å². The van der Waals surface area contributed by atoms with Gasteiger partial charge in [-0.1, -0.05) is 0 Å². The zero-order chi connectivity index (χ0) is 5.82. The lowest BCUT2D eigenvalue weighted by molar-refractivity contribution is 1.26. The van der Waals surface area contributed by atoms with Crippen LogP contribution in [-0.2, 0) is 0 Å². The first-order chi connectivity index (χ1) is 3.93. The fourth-order valence-electron chi connectivity index (χ4n) is 0.460. The monoisotopic (exact) mass is 189 g/mol. The molecule has 0 aliphatic rings. The van der Waals surface area contributed by atoms with E-state index in [2.05, 4.69) is 9.97 Å². The Morgan fingerprint density at radius 1 is 1.67 bits per heavy atom. The largest absolute Gasteiger partial charge is 0.404 e. The third-order valence-corrected chi connectivity index (χ3v) is 0.773. The normalized spacial score (nSPS) is 9.33. The number of imidazole rings is 1. The number of aromatic nitrogens is 2. The summed E-state index contributed by atoms with van der Waals surface area (Å²) in [5, 5.41) is 0. The average molecular weight is 190 g/mol. The number of nitrogens with one attached hydrogen (secondary N) is 1. The van der Waals surface area contributed by atoms with Crippen molar-refractivity contribution in [3.63, 3.8) is 0 Å². The van der Waals surface area contributed by atoms with Crippen LogP contribution in [0.4, 0.5) is 0 Å². The van der Waals surface area contributed by atoms with Gasteiger partial charge in [0.2, 0.25) is 0 Å². The minimum atomic E-state index is 0. The first-order valence-electron chi connectivity index (χ1n) is 2.31. The molecule has 0 fully saturated rings. The standard InChI is InChI=1S/C5H7N3.BrH/c6-2-1-5-7-3-4-8-5;/h1-4H,6H2,(H,7,8);1H. The van der Waals surface area contributed by atoms with Crippen LogP contribution < -0.4 is 5.73 Å². The van der Waals surface area contributed by atoms with Gasteiger partial charge < -0.3 is 10.7 Å². The maximum absolute atomic E-state index is 5.08. The Balaban J connectivity index is 0.000000640. The number of halogens is 1. The van der Waals surface area contributed by atoms with E-state index in [1.54, 1.807) is 18.5 Å². The van der Waals surface area contributed by atoms with Crippen LogP contribution in [0.2, 0.25) is 0 Å². The predicted molar refractivity (Wildman–Crippen MR) is 42.1 cm³/mol. The molecule has 4 heteroatoms. The van der Waals surface area contributed by atoms with E-state index < -0.39 is 0 Å². The topological polar surface area (TPSA) is 54.7 Å². The molecular weight excluding hydrogens is 182 g/mol. The van der Waals surface area contributed by atoms with Crippen LogP contribution in [0.25, 0.3) is 6.08 Å². The molecule has 0 aliphatic carbocycles. The van der Waals surface area contributed by atoms with Gasteiger partial charge in [-0.25, -0.2) is 4.98 Å². The summed E-state index contributed by atoms with van der Waals surface area (Å²) in [6.07, 6.45) is 6.56. The van der Waals surface area contributed by atoms with Crippen molar-refractivity contribution in [1.29, 1.82) is 0 Å². The number of hydrogen-bond donors (Lipinski definition) is 2. The van der Waals surface area contributed by atoms with Crippen molar-refractivity contribution in [2.24, 2.45) is 5.73 Å². The smallest absolute Gasteiger partial charge is 0.131 e. The first kappa shape index (κ1) is 8.23. The molecule has 0 radical (unpaired) electrons. The van der Waals surface area contributed by atoms with Crippen molar-refractivity contribution in [1.82, 2.24) is 9.97 Å². The molecule has 1 aromatic heterocycles. The summed E-state index contributed by atoms with van der Waals surface area (Å²) in [5.41, 5.74) is 5.08. The van der Waals surface area contributed by atoms with E-state index in [0.717, 1.165) is 5.82 Å². The second-order valence-electron chi connectivity index (χ2n) is 1.33. The van der Waals surface area contributed by atoms with Crippen molar-refractivity contribution >= 4 is 23.1 Å². The van der Waals surface area contributed by atoms with Gasteiger partial charge in [-0.05, 0) is 12.3 Å². The number of nitrogens with two attached hydrogens (primary N) is 1. The fraction of sp³-hybridized carbons (Fsp3) is 0. The minimum absolute atomic E-state index is 0. The molecule has 1 rings (SSSR count). The van der Waals surface area contributed by atoms with E-state index in [9.17, 15) is 0 Å². The lowest BCUT2D eigenvalue weighted by atomic mass is 10.6. The molecule has 1 aromatic rings. The Kier molecular flexibility index (Phi) is 3.79. The van der Waals surface area contributed by atoms with E-state index in [-0.39, 0.29) is 17.0 Å². The molecule has 0 spiro atoms. The second-order valence-corrected chi connectivity index (χ2v) is 1.33. The Morgan fingerprint density at radius 3 is 2.89 bits per heavy atom. The number of hydrogen-bond acceptors (Lipinski definition) is 2. The molecule has 3 N–H and O–H groups in total. The zero-order valence-electron chi connectivity index (χ0n) is 4.74. The van der Waals surface area contributed by atoms with Gasteiger partial charge in [0.15, 0.2) is 0 Å². The Bertz CT molecular complexity index is 168. The summed E-state index contributed by atoms with van der Waals surface area (Å²) in [5.74, 6) is 0.785. The molecule has 9 heavy (non-hydrogen) atoms. The van der Waals surface area contributed by atoms with Crippen LogP contribution in [0.5, 0.6) is 0 Å². The zero-order valence-corrected chi connectivity index (χ0v) is 6.46. The summed E-state index contributed by atoms with van der Waals surface area (Å²) in [6.45, 7) is 0. The summed E-state index contributed by atoms with van der Waals surface area (Å²) in [7, 11) is 0. The summed E-state index contributed by atoms with van der Waals surface area (Å²) in [6, 6.07) is 0. The van der Waals surface area contributed by atoms with E-state index in [0.29, 0.717) is 0 Å². The van der Waals surface area contributed by atoms with Crippen LogP contribution in [0.15, 0.2) is 18.6 Å². The highest BCUT2D eigenvalue weighted by molar-refractivity contribution is 8.93. The van der Waals surface area contributed by atoms with Gasteiger partial charge in [-0.15, -0.1) is 17.0 Å². The van der Waals surface area contributed by atoms with E-state index >= 15 is 0 Å². The number of nitrogens with zero attached hydrogens (tertiary/aromatic N) is 1.